The van der Waals surface area contributed by atoms with E-state index in [1.165, 1.54) is 6.92 Å². The van der Waals surface area contributed by atoms with Gasteiger partial charge in [-0.1, -0.05) is 0 Å². The van der Waals surface area contributed by atoms with Crippen LogP contribution in [0.2, 0.25) is 0 Å². The number of nitrogens with one attached hydrogen (secondary N) is 2. The van der Waals surface area contributed by atoms with Crippen molar-refractivity contribution in [3.8, 4) is 0 Å². The third-order valence-electron chi connectivity index (χ3n) is 1.79. The molecule has 0 bridgehead atoms. The summed E-state index contributed by atoms with van der Waals surface area (Å²) in [6.45, 7) is 0.783. The minimum absolute atomic E-state index is 0.149. The summed E-state index contributed by atoms with van der Waals surface area (Å²) >= 11 is 0. The second-order valence-electron chi connectivity index (χ2n) is 3.13. The van der Waals surface area contributed by atoms with Gasteiger partial charge < -0.3 is 10.2 Å². The number of carbonyl (C=O) groups excluding carboxylic acids is 4. The standard InChI is InChI=1S/C8H11N3O4/c1-5(12)9-2-8(15)11-3-6(13)10-7(14)4-11/h2-4H2,1H3,(H,9,12)(H,10,13,14). The number of hydrogen-bond donors (Lipinski definition) is 2. The highest BCUT2D eigenvalue weighted by Gasteiger charge is 2.25. The van der Waals surface area contributed by atoms with Gasteiger partial charge in [-0.3, -0.25) is 24.5 Å². The number of nitrogens with zero attached hydrogens (tertiary/aromatic N) is 1. The maximum atomic E-state index is 11.4. The number of imide groups is 1. The lowest BCUT2D eigenvalue weighted by atomic mass is 10.3. The highest BCUT2D eigenvalue weighted by Crippen LogP contribution is 1.94. The maximum absolute atomic E-state index is 11.4. The van der Waals surface area contributed by atoms with E-state index in [1.54, 1.807) is 0 Å². The molecular weight excluding hydrogens is 202 g/mol. The molecule has 1 saturated heterocycles. The van der Waals surface area contributed by atoms with Crippen molar-refractivity contribution >= 4 is 23.6 Å². The molecule has 7 heteroatoms. The van der Waals surface area contributed by atoms with E-state index in [0.29, 0.717) is 0 Å². The lowest BCUT2D eigenvalue weighted by Gasteiger charge is -2.25. The number of hydrogen-bond acceptors (Lipinski definition) is 4. The number of piperazine rings is 1. The molecule has 0 atom stereocenters. The molecule has 1 aliphatic rings. The molecule has 1 heterocycles. The minimum atomic E-state index is -0.512. The summed E-state index contributed by atoms with van der Waals surface area (Å²) < 4.78 is 0. The summed E-state index contributed by atoms with van der Waals surface area (Å²) in [6, 6.07) is 0. The van der Waals surface area contributed by atoms with Crippen molar-refractivity contribution < 1.29 is 19.2 Å². The molecule has 0 aromatic rings. The van der Waals surface area contributed by atoms with E-state index in [9.17, 15) is 19.2 Å². The Kier molecular flexibility index (Phi) is 3.37. The van der Waals surface area contributed by atoms with Crippen molar-refractivity contribution in [1.82, 2.24) is 15.5 Å². The second-order valence-corrected chi connectivity index (χ2v) is 3.13. The first-order valence-electron chi connectivity index (χ1n) is 4.34. The number of amides is 4. The van der Waals surface area contributed by atoms with Crippen molar-refractivity contribution in [2.75, 3.05) is 19.6 Å². The Morgan fingerprint density at radius 2 is 1.87 bits per heavy atom. The van der Waals surface area contributed by atoms with Crippen LogP contribution in [-0.4, -0.2) is 48.2 Å². The smallest absolute Gasteiger partial charge is 0.246 e. The molecule has 0 spiro atoms. The highest BCUT2D eigenvalue weighted by molar-refractivity contribution is 6.02. The molecule has 7 nitrogen and oxygen atoms in total. The predicted octanol–water partition coefficient (Wildman–Crippen LogP) is -2.39. The summed E-state index contributed by atoms with van der Waals surface area (Å²) in [5.41, 5.74) is 0. The molecule has 4 amide bonds. The van der Waals surface area contributed by atoms with Crippen LogP contribution in [-0.2, 0) is 19.2 Å². The second kappa shape index (κ2) is 4.54. The zero-order valence-corrected chi connectivity index (χ0v) is 8.20. The molecule has 82 valence electrons. The molecule has 0 saturated carbocycles. The lowest BCUT2D eigenvalue weighted by molar-refractivity contribution is -0.145. The van der Waals surface area contributed by atoms with Gasteiger partial charge in [-0.05, 0) is 0 Å². The Balaban J connectivity index is 2.48. The molecule has 1 aliphatic heterocycles. The predicted molar refractivity (Wildman–Crippen MR) is 48.4 cm³/mol. The summed E-state index contributed by atoms with van der Waals surface area (Å²) in [4.78, 5) is 44.8. The maximum Gasteiger partial charge on any atom is 0.246 e. The van der Waals surface area contributed by atoms with Crippen LogP contribution in [0.3, 0.4) is 0 Å². The van der Waals surface area contributed by atoms with Crippen LogP contribution in [0.5, 0.6) is 0 Å². The molecule has 2 N–H and O–H groups in total. The van der Waals surface area contributed by atoms with E-state index in [-0.39, 0.29) is 25.5 Å². The van der Waals surface area contributed by atoms with Crippen LogP contribution in [0.1, 0.15) is 6.92 Å². The first kappa shape index (κ1) is 11.2. The van der Waals surface area contributed by atoms with Crippen LogP contribution in [0.25, 0.3) is 0 Å². The third-order valence-corrected chi connectivity index (χ3v) is 1.79. The average molecular weight is 213 g/mol. The zero-order valence-electron chi connectivity index (χ0n) is 8.20. The van der Waals surface area contributed by atoms with Crippen molar-refractivity contribution in [3.63, 3.8) is 0 Å². The number of rotatable bonds is 2. The monoisotopic (exact) mass is 213 g/mol. The topological polar surface area (TPSA) is 95.6 Å². The van der Waals surface area contributed by atoms with E-state index in [4.69, 9.17) is 0 Å². The van der Waals surface area contributed by atoms with Gasteiger partial charge in [0.15, 0.2) is 0 Å². The van der Waals surface area contributed by atoms with Gasteiger partial charge in [0.05, 0.1) is 6.54 Å². The molecule has 0 aromatic heterocycles. The first-order valence-corrected chi connectivity index (χ1v) is 4.34. The van der Waals surface area contributed by atoms with E-state index >= 15 is 0 Å². The van der Waals surface area contributed by atoms with Crippen LogP contribution in [0, 0.1) is 0 Å². The van der Waals surface area contributed by atoms with E-state index in [1.807, 2.05) is 0 Å². The first-order chi connectivity index (χ1) is 6.99. The lowest BCUT2D eigenvalue weighted by Crippen LogP contribution is -2.55. The Morgan fingerprint density at radius 1 is 1.33 bits per heavy atom. The Hall–Kier alpha value is -1.92. The van der Waals surface area contributed by atoms with E-state index in [2.05, 4.69) is 10.6 Å². The van der Waals surface area contributed by atoms with Crippen molar-refractivity contribution in [3.05, 3.63) is 0 Å². The normalized spacial score (nSPS) is 15.9. The fourth-order valence-corrected chi connectivity index (χ4v) is 1.13. The van der Waals surface area contributed by atoms with Crippen LogP contribution >= 0.6 is 0 Å². The fraction of sp³-hybridized carbons (Fsp3) is 0.500. The number of carbonyl (C=O) groups is 4. The van der Waals surface area contributed by atoms with Gasteiger partial charge in [-0.15, -0.1) is 0 Å². The zero-order chi connectivity index (χ0) is 11.4. The van der Waals surface area contributed by atoms with Crippen LogP contribution in [0.4, 0.5) is 0 Å². The van der Waals surface area contributed by atoms with Gasteiger partial charge in [0, 0.05) is 6.92 Å². The van der Waals surface area contributed by atoms with E-state index < -0.39 is 17.7 Å². The van der Waals surface area contributed by atoms with Gasteiger partial charge in [0.2, 0.25) is 23.6 Å². The molecule has 1 fully saturated rings. The average Bonchev–Trinajstić information content (AvgIpc) is 2.12. The van der Waals surface area contributed by atoms with Crippen molar-refractivity contribution in [2.24, 2.45) is 0 Å². The van der Waals surface area contributed by atoms with Crippen LogP contribution < -0.4 is 10.6 Å². The minimum Gasteiger partial charge on any atom is -0.347 e. The Labute approximate surface area is 85.8 Å². The summed E-state index contributed by atoms with van der Waals surface area (Å²) in [7, 11) is 0. The largest absolute Gasteiger partial charge is 0.347 e. The summed E-state index contributed by atoms with van der Waals surface area (Å²) in [5, 5.41) is 4.37. The fourth-order valence-electron chi connectivity index (χ4n) is 1.13. The molecule has 1 rings (SSSR count). The molecule has 0 aromatic carbocycles. The molecule has 0 aliphatic carbocycles. The van der Waals surface area contributed by atoms with Crippen molar-refractivity contribution in [2.45, 2.75) is 6.92 Å². The Morgan fingerprint density at radius 3 is 2.33 bits per heavy atom. The highest BCUT2D eigenvalue weighted by atomic mass is 16.2. The van der Waals surface area contributed by atoms with Crippen LogP contribution in [0.15, 0.2) is 0 Å². The van der Waals surface area contributed by atoms with Gasteiger partial charge in [-0.25, -0.2) is 0 Å². The SMILES string of the molecule is CC(=O)NCC(=O)N1CC(=O)NC(=O)C1. The van der Waals surface area contributed by atoms with Gasteiger partial charge in [0.25, 0.3) is 0 Å². The summed E-state index contributed by atoms with van der Waals surface area (Å²) in [6.07, 6.45) is 0. The van der Waals surface area contributed by atoms with Gasteiger partial charge in [-0.2, -0.15) is 0 Å². The molecule has 0 radical (unpaired) electrons. The quantitative estimate of drug-likeness (QED) is 0.500. The molecule has 15 heavy (non-hydrogen) atoms. The van der Waals surface area contributed by atoms with Crippen molar-refractivity contribution in [1.29, 1.82) is 0 Å². The van der Waals surface area contributed by atoms with Gasteiger partial charge in [0.1, 0.15) is 13.1 Å². The van der Waals surface area contributed by atoms with Gasteiger partial charge >= 0.3 is 0 Å². The van der Waals surface area contributed by atoms with E-state index in [0.717, 1.165) is 4.90 Å². The summed E-state index contributed by atoms with van der Waals surface area (Å²) in [5.74, 6) is -1.81. The Bertz CT molecular complexity index is 310. The molecule has 0 unspecified atom stereocenters. The molecular formula is C8H11N3O4. The third kappa shape index (κ3) is 3.37.